The van der Waals surface area contributed by atoms with Crippen molar-refractivity contribution in [2.75, 3.05) is 19.4 Å². The van der Waals surface area contributed by atoms with Crippen LogP contribution in [0.25, 0.3) is 0 Å². The van der Waals surface area contributed by atoms with E-state index in [1.54, 1.807) is 34.6 Å². The SMILES string of the molecule is CCOP(=O)(CC(=O)C(Cc1ccc(F)cc1)NC(=O)OC(C)(C)C)OCC. The highest BCUT2D eigenvalue weighted by Gasteiger charge is 2.33. The molecule has 7 nitrogen and oxygen atoms in total. The highest BCUT2D eigenvalue weighted by Crippen LogP contribution is 2.48. The first-order valence-electron chi connectivity index (χ1n) is 9.13. The van der Waals surface area contributed by atoms with Gasteiger partial charge in [-0.05, 0) is 58.7 Å². The lowest BCUT2D eigenvalue weighted by Gasteiger charge is -2.24. The Bertz CT molecular complexity index is 691. The molecule has 28 heavy (non-hydrogen) atoms. The molecule has 9 heteroatoms. The van der Waals surface area contributed by atoms with Crippen LogP contribution in [0.4, 0.5) is 9.18 Å². The third-order valence-electron chi connectivity index (χ3n) is 3.43. The van der Waals surface area contributed by atoms with Gasteiger partial charge in [0.25, 0.3) is 0 Å². The van der Waals surface area contributed by atoms with Crippen molar-refractivity contribution in [2.45, 2.75) is 52.7 Å². The van der Waals surface area contributed by atoms with Crippen LogP contribution in [0.2, 0.25) is 0 Å². The number of nitrogens with one attached hydrogen (secondary N) is 1. The molecular formula is C19H29FNO6P. The molecule has 0 aliphatic heterocycles. The van der Waals surface area contributed by atoms with Crippen LogP contribution in [0, 0.1) is 5.82 Å². The van der Waals surface area contributed by atoms with E-state index in [4.69, 9.17) is 13.8 Å². The Morgan fingerprint density at radius 3 is 2.11 bits per heavy atom. The summed E-state index contributed by atoms with van der Waals surface area (Å²) in [6.45, 7) is 8.61. The summed E-state index contributed by atoms with van der Waals surface area (Å²) in [6, 6.07) is 4.51. The maximum Gasteiger partial charge on any atom is 0.408 e. The molecule has 0 saturated carbocycles. The van der Waals surface area contributed by atoms with Crippen molar-refractivity contribution < 1.29 is 32.3 Å². The number of ether oxygens (including phenoxy) is 1. The van der Waals surface area contributed by atoms with E-state index in [9.17, 15) is 18.5 Å². The van der Waals surface area contributed by atoms with E-state index in [0.717, 1.165) is 0 Å². The first-order valence-corrected chi connectivity index (χ1v) is 10.9. The molecule has 1 N–H and O–H groups in total. The van der Waals surface area contributed by atoms with Gasteiger partial charge in [0.2, 0.25) is 0 Å². The zero-order chi connectivity index (χ0) is 21.4. The fourth-order valence-electron chi connectivity index (χ4n) is 2.37. The second-order valence-corrected chi connectivity index (χ2v) is 9.15. The van der Waals surface area contributed by atoms with E-state index in [-0.39, 0.29) is 19.6 Å². The smallest absolute Gasteiger partial charge is 0.408 e. The van der Waals surface area contributed by atoms with Crippen LogP contribution < -0.4 is 5.32 Å². The monoisotopic (exact) mass is 417 g/mol. The van der Waals surface area contributed by atoms with Crippen molar-refractivity contribution in [2.24, 2.45) is 0 Å². The summed E-state index contributed by atoms with van der Waals surface area (Å²) in [7, 11) is -3.63. The summed E-state index contributed by atoms with van der Waals surface area (Å²) in [5.41, 5.74) is -0.127. The van der Waals surface area contributed by atoms with Gasteiger partial charge < -0.3 is 19.1 Å². The van der Waals surface area contributed by atoms with Crippen LogP contribution in [-0.2, 0) is 29.6 Å². The number of ketones is 1. The minimum Gasteiger partial charge on any atom is -0.444 e. The van der Waals surface area contributed by atoms with Crippen LogP contribution >= 0.6 is 7.60 Å². The number of carbonyl (C=O) groups is 2. The Hall–Kier alpha value is -1.76. The molecule has 0 aromatic heterocycles. The second-order valence-electron chi connectivity index (χ2n) is 7.10. The van der Waals surface area contributed by atoms with Gasteiger partial charge in [0.15, 0.2) is 5.78 Å². The number of Topliss-reactive ketones (excluding diaryl/α,β-unsaturated/α-hetero) is 1. The summed E-state index contributed by atoms with van der Waals surface area (Å²) in [4.78, 5) is 25.0. The fraction of sp³-hybridized carbons (Fsp3) is 0.579. The molecular weight excluding hydrogens is 388 g/mol. The lowest BCUT2D eigenvalue weighted by atomic mass is 10.0. The molecule has 1 atom stereocenters. The lowest BCUT2D eigenvalue weighted by molar-refractivity contribution is -0.119. The molecule has 1 rings (SSSR count). The molecule has 0 radical (unpaired) electrons. The van der Waals surface area contributed by atoms with Gasteiger partial charge in [-0.15, -0.1) is 0 Å². The van der Waals surface area contributed by atoms with Gasteiger partial charge in [0, 0.05) is 0 Å². The lowest BCUT2D eigenvalue weighted by Crippen LogP contribution is -2.45. The predicted molar refractivity (Wildman–Crippen MR) is 104 cm³/mol. The number of benzene rings is 1. The van der Waals surface area contributed by atoms with Gasteiger partial charge in [-0.3, -0.25) is 9.36 Å². The molecule has 0 heterocycles. The largest absolute Gasteiger partial charge is 0.444 e. The maximum atomic E-state index is 13.1. The zero-order valence-electron chi connectivity index (χ0n) is 17.0. The Morgan fingerprint density at radius 2 is 1.64 bits per heavy atom. The Balaban J connectivity index is 3.00. The Kier molecular flexibility index (Phi) is 9.27. The summed E-state index contributed by atoms with van der Waals surface area (Å²) in [6.07, 6.45) is -1.19. The van der Waals surface area contributed by atoms with Crippen molar-refractivity contribution in [3.63, 3.8) is 0 Å². The van der Waals surface area contributed by atoms with Crippen LogP contribution in [0.15, 0.2) is 24.3 Å². The van der Waals surface area contributed by atoms with Gasteiger partial charge in [-0.2, -0.15) is 0 Å². The van der Waals surface area contributed by atoms with Gasteiger partial charge in [-0.25, -0.2) is 9.18 Å². The highest BCUT2D eigenvalue weighted by atomic mass is 31.2. The molecule has 0 aliphatic carbocycles. The van der Waals surface area contributed by atoms with E-state index < -0.39 is 43.1 Å². The maximum absolute atomic E-state index is 13.1. The average molecular weight is 417 g/mol. The number of amides is 1. The summed E-state index contributed by atoms with van der Waals surface area (Å²) in [5, 5.41) is 2.51. The topological polar surface area (TPSA) is 90.9 Å². The zero-order valence-corrected chi connectivity index (χ0v) is 17.9. The number of rotatable bonds is 10. The molecule has 158 valence electrons. The van der Waals surface area contributed by atoms with Gasteiger partial charge in [0.05, 0.1) is 19.3 Å². The molecule has 0 saturated heterocycles. The predicted octanol–water partition coefficient (Wildman–Crippen LogP) is 4.10. The third kappa shape index (κ3) is 8.95. The van der Waals surface area contributed by atoms with E-state index in [1.165, 1.54) is 24.3 Å². The van der Waals surface area contributed by atoms with E-state index in [0.29, 0.717) is 5.56 Å². The molecule has 1 aromatic rings. The van der Waals surface area contributed by atoms with Crippen molar-refractivity contribution in [3.8, 4) is 0 Å². The van der Waals surface area contributed by atoms with E-state index in [1.807, 2.05) is 0 Å². The molecule has 1 unspecified atom stereocenters. The van der Waals surface area contributed by atoms with E-state index in [2.05, 4.69) is 5.32 Å². The molecule has 0 aliphatic rings. The third-order valence-corrected chi connectivity index (χ3v) is 5.44. The second kappa shape index (κ2) is 10.7. The van der Waals surface area contributed by atoms with Crippen LogP contribution in [0.1, 0.15) is 40.2 Å². The molecule has 0 bridgehead atoms. The fourth-order valence-corrected chi connectivity index (χ4v) is 4.02. The molecule has 1 amide bonds. The van der Waals surface area contributed by atoms with E-state index >= 15 is 0 Å². The standard InChI is InChI=1S/C19H29FNO6P/c1-6-25-28(24,26-7-2)13-17(22)16(21-18(23)27-19(3,4)5)12-14-8-10-15(20)11-9-14/h8-11,16H,6-7,12-13H2,1-5H3,(H,21,23). The van der Waals surface area contributed by atoms with Crippen LogP contribution in [0.5, 0.6) is 0 Å². The van der Waals surface area contributed by atoms with Crippen LogP contribution in [-0.4, -0.2) is 42.9 Å². The number of hydrogen-bond acceptors (Lipinski definition) is 6. The summed E-state index contributed by atoms with van der Waals surface area (Å²) < 4.78 is 41.4. The highest BCUT2D eigenvalue weighted by molar-refractivity contribution is 7.54. The number of alkyl carbamates (subject to hydrolysis) is 1. The Morgan fingerprint density at radius 1 is 1.11 bits per heavy atom. The normalized spacial score (nSPS) is 13.1. The van der Waals surface area contributed by atoms with Crippen molar-refractivity contribution in [1.82, 2.24) is 5.32 Å². The van der Waals surface area contributed by atoms with Gasteiger partial charge in [0.1, 0.15) is 17.6 Å². The summed E-state index contributed by atoms with van der Waals surface area (Å²) in [5.74, 6) is -0.940. The minimum absolute atomic E-state index is 0.0800. The van der Waals surface area contributed by atoms with Gasteiger partial charge in [-0.1, -0.05) is 12.1 Å². The van der Waals surface area contributed by atoms with Crippen LogP contribution in [0.3, 0.4) is 0 Å². The van der Waals surface area contributed by atoms with Gasteiger partial charge >= 0.3 is 13.7 Å². The van der Waals surface area contributed by atoms with Crippen molar-refractivity contribution >= 4 is 19.5 Å². The minimum atomic E-state index is -3.63. The van der Waals surface area contributed by atoms with Crippen molar-refractivity contribution in [1.29, 1.82) is 0 Å². The number of halogens is 1. The first kappa shape index (κ1) is 24.3. The summed E-state index contributed by atoms with van der Waals surface area (Å²) >= 11 is 0. The average Bonchev–Trinajstić information content (AvgIpc) is 2.54. The number of hydrogen-bond donors (Lipinski definition) is 1. The molecule has 0 spiro atoms. The first-order chi connectivity index (χ1) is 13.0. The number of carbonyl (C=O) groups excluding carboxylic acids is 2. The molecule has 0 fully saturated rings. The Labute approximate surface area is 165 Å². The van der Waals surface area contributed by atoms with Crippen molar-refractivity contribution in [3.05, 3.63) is 35.6 Å². The quantitative estimate of drug-likeness (QED) is 0.577. The molecule has 1 aromatic carbocycles.